The second kappa shape index (κ2) is 12.4. The molecule has 0 radical (unpaired) electrons. The van der Waals surface area contributed by atoms with Crippen LogP contribution >= 0.6 is 24.0 Å². The van der Waals surface area contributed by atoms with Crippen LogP contribution in [0.4, 0.5) is 10.1 Å². The van der Waals surface area contributed by atoms with Gasteiger partial charge in [0.1, 0.15) is 5.82 Å². The number of nitrogens with zero attached hydrogens (tertiary/aromatic N) is 3. The van der Waals surface area contributed by atoms with Gasteiger partial charge in [-0.2, -0.15) is 0 Å². The molecule has 0 bridgehead atoms. The summed E-state index contributed by atoms with van der Waals surface area (Å²) in [7, 11) is 5.40. The maximum atomic E-state index is 14.1. The van der Waals surface area contributed by atoms with E-state index in [2.05, 4.69) is 34.4 Å². The molecule has 1 aliphatic rings. The van der Waals surface area contributed by atoms with E-state index in [1.807, 2.05) is 20.2 Å². The highest BCUT2D eigenvalue weighted by Gasteiger charge is 2.21. The first-order chi connectivity index (χ1) is 12.9. The first kappa shape index (κ1) is 24.9. The highest BCUT2D eigenvalue weighted by atomic mass is 127. The predicted molar refractivity (Wildman–Crippen MR) is 125 cm³/mol. The molecule has 0 saturated carbocycles. The SMILES string of the molecule is CN=C(NCc1ccc(N(C)C)c(F)c1)NCC1CN(CC(C)C)CCO1.I. The number of benzene rings is 1. The lowest BCUT2D eigenvalue weighted by atomic mass is 10.2. The van der Waals surface area contributed by atoms with Crippen LogP contribution in [-0.2, 0) is 11.3 Å². The fourth-order valence-electron chi connectivity index (χ4n) is 3.23. The Hall–Kier alpha value is -1.13. The molecule has 1 unspecified atom stereocenters. The van der Waals surface area contributed by atoms with E-state index in [4.69, 9.17) is 4.74 Å². The van der Waals surface area contributed by atoms with Crippen molar-refractivity contribution in [1.82, 2.24) is 15.5 Å². The van der Waals surface area contributed by atoms with Gasteiger partial charge in [-0.1, -0.05) is 19.9 Å². The Morgan fingerprint density at radius 1 is 1.36 bits per heavy atom. The molecule has 1 aromatic rings. The number of halogens is 2. The van der Waals surface area contributed by atoms with Gasteiger partial charge in [0.25, 0.3) is 0 Å². The zero-order valence-electron chi connectivity index (χ0n) is 17.7. The molecular formula is C20H35FIN5O. The minimum absolute atomic E-state index is 0. The van der Waals surface area contributed by atoms with E-state index in [-0.39, 0.29) is 35.9 Å². The topological polar surface area (TPSA) is 52.1 Å². The van der Waals surface area contributed by atoms with Gasteiger partial charge >= 0.3 is 0 Å². The smallest absolute Gasteiger partial charge is 0.191 e. The molecule has 1 saturated heterocycles. The summed E-state index contributed by atoms with van der Waals surface area (Å²) >= 11 is 0. The summed E-state index contributed by atoms with van der Waals surface area (Å²) in [4.78, 5) is 8.46. The average Bonchev–Trinajstić information content (AvgIpc) is 2.61. The molecule has 1 aromatic carbocycles. The molecule has 2 N–H and O–H groups in total. The van der Waals surface area contributed by atoms with Crippen LogP contribution in [0.15, 0.2) is 23.2 Å². The van der Waals surface area contributed by atoms with Crippen molar-refractivity contribution < 1.29 is 9.13 Å². The molecule has 6 nitrogen and oxygen atoms in total. The lowest BCUT2D eigenvalue weighted by Gasteiger charge is -2.34. The number of rotatable bonds is 7. The van der Waals surface area contributed by atoms with Crippen molar-refractivity contribution in [2.45, 2.75) is 26.5 Å². The molecule has 1 aliphatic heterocycles. The molecule has 28 heavy (non-hydrogen) atoms. The number of ether oxygens (including phenoxy) is 1. The van der Waals surface area contributed by atoms with E-state index < -0.39 is 0 Å². The van der Waals surface area contributed by atoms with Crippen molar-refractivity contribution in [1.29, 1.82) is 0 Å². The van der Waals surface area contributed by atoms with Gasteiger partial charge in [-0.15, -0.1) is 24.0 Å². The number of hydrogen-bond acceptors (Lipinski definition) is 4. The van der Waals surface area contributed by atoms with Crippen molar-refractivity contribution in [3.05, 3.63) is 29.6 Å². The Balaban J connectivity index is 0.00000392. The third-order valence-corrected chi connectivity index (χ3v) is 4.52. The minimum Gasteiger partial charge on any atom is -0.375 e. The summed E-state index contributed by atoms with van der Waals surface area (Å²) in [6.07, 6.45) is 0.146. The number of nitrogens with one attached hydrogen (secondary N) is 2. The van der Waals surface area contributed by atoms with Crippen molar-refractivity contribution in [2.24, 2.45) is 10.9 Å². The number of guanidine groups is 1. The maximum absolute atomic E-state index is 14.1. The average molecular weight is 507 g/mol. The summed E-state index contributed by atoms with van der Waals surface area (Å²) in [5.41, 5.74) is 1.46. The molecule has 1 fully saturated rings. The summed E-state index contributed by atoms with van der Waals surface area (Å²) in [6.45, 7) is 9.47. The van der Waals surface area contributed by atoms with Gasteiger partial charge in [0.15, 0.2) is 5.96 Å². The Bertz CT molecular complexity index is 627. The first-order valence-electron chi connectivity index (χ1n) is 9.63. The summed E-state index contributed by atoms with van der Waals surface area (Å²) in [6, 6.07) is 5.28. The Kier molecular flexibility index (Phi) is 11.1. The van der Waals surface area contributed by atoms with Crippen molar-refractivity contribution >= 4 is 35.6 Å². The zero-order valence-corrected chi connectivity index (χ0v) is 20.0. The molecule has 8 heteroatoms. The first-order valence-corrected chi connectivity index (χ1v) is 9.63. The Morgan fingerprint density at radius 3 is 2.71 bits per heavy atom. The highest BCUT2D eigenvalue weighted by molar-refractivity contribution is 14.0. The normalized spacial score (nSPS) is 18.0. The van der Waals surface area contributed by atoms with Gasteiger partial charge < -0.3 is 20.3 Å². The van der Waals surface area contributed by atoms with E-state index in [0.717, 1.165) is 31.8 Å². The molecular weight excluding hydrogens is 472 g/mol. The number of morpholine rings is 1. The summed E-state index contributed by atoms with van der Waals surface area (Å²) in [5, 5.41) is 6.55. The number of hydrogen-bond donors (Lipinski definition) is 2. The van der Waals surface area contributed by atoms with Crippen molar-refractivity contribution in [3.63, 3.8) is 0 Å². The van der Waals surface area contributed by atoms with Crippen LogP contribution < -0.4 is 15.5 Å². The van der Waals surface area contributed by atoms with E-state index >= 15 is 0 Å². The predicted octanol–water partition coefficient (Wildman–Crippen LogP) is 2.53. The molecule has 0 aliphatic carbocycles. The van der Waals surface area contributed by atoms with Crippen LogP contribution in [0, 0.1) is 11.7 Å². The molecule has 160 valence electrons. The number of aliphatic imine (C=N–C) groups is 1. The van der Waals surface area contributed by atoms with Gasteiger partial charge in [0, 0.05) is 53.9 Å². The van der Waals surface area contributed by atoms with Gasteiger partial charge in [-0.25, -0.2) is 4.39 Å². The summed E-state index contributed by atoms with van der Waals surface area (Å²) in [5.74, 6) is 1.13. The van der Waals surface area contributed by atoms with E-state index in [0.29, 0.717) is 30.7 Å². The largest absolute Gasteiger partial charge is 0.375 e. The van der Waals surface area contributed by atoms with Crippen LogP contribution in [0.25, 0.3) is 0 Å². The molecule has 0 amide bonds. The lowest BCUT2D eigenvalue weighted by molar-refractivity contribution is -0.0284. The number of anilines is 1. The standard InChI is InChI=1S/C20H34FN5O.HI/c1-15(2)13-26-8-9-27-17(14-26)12-24-20(22-3)23-11-16-6-7-19(25(4)5)18(21)10-16;/h6-7,10,15,17H,8-9,11-14H2,1-5H3,(H2,22,23,24);1H. The molecule has 1 atom stereocenters. The summed E-state index contributed by atoms with van der Waals surface area (Å²) < 4.78 is 19.9. The fraction of sp³-hybridized carbons (Fsp3) is 0.650. The van der Waals surface area contributed by atoms with E-state index in [1.54, 1.807) is 24.1 Å². The quantitative estimate of drug-likeness (QED) is 0.338. The third-order valence-electron chi connectivity index (χ3n) is 4.52. The van der Waals surface area contributed by atoms with Gasteiger partial charge in [-0.05, 0) is 23.6 Å². The Labute approximate surface area is 185 Å². The van der Waals surface area contributed by atoms with Crippen LogP contribution in [0.2, 0.25) is 0 Å². The Morgan fingerprint density at radius 2 is 2.11 bits per heavy atom. The minimum atomic E-state index is -0.219. The third kappa shape index (κ3) is 8.08. The van der Waals surface area contributed by atoms with Crippen LogP contribution in [-0.4, -0.2) is 70.9 Å². The van der Waals surface area contributed by atoms with Gasteiger partial charge in [0.05, 0.1) is 18.4 Å². The van der Waals surface area contributed by atoms with Gasteiger partial charge in [0.2, 0.25) is 0 Å². The van der Waals surface area contributed by atoms with Crippen molar-refractivity contribution in [3.8, 4) is 0 Å². The van der Waals surface area contributed by atoms with Gasteiger partial charge in [-0.3, -0.25) is 9.89 Å². The van der Waals surface area contributed by atoms with E-state index in [9.17, 15) is 4.39 Å². The zero-order chi connectivity index (χ0) is 19.8. The van der Waals surface area contributed by atoms with Crippen LogP contribution in [0.3, 0.4) is 0 Å². The van der Waals surface area contributed by atoms with Crippen LogP contribution in [0.1, 0.15) is 19.4 Å². The second-order valence-electron chi connectivity index (χ2n) is 7.63. The monoisotopic (exact) mass is 507 g/mol. The molecule has 2 rings (SSSR count). The molecule has 0 aromatic heterocycles. The lowest BCUT2D eigenvalue weighted by Crippen LogP contribution is -2.50. The molecule has 0 spiro atoms. The van der Waals surface area contributed by atoms with Crippen molar-refractivity contribution in [2.75, 3.05) is 58.8 Å². The molecule has 1 heterocycles. The highest BCUT2D eigenvalue weighted by Crippen LogP contribution is 2.18. The van der Waals surface area contributed by atoms with Crippen LogP contribution in [0.5, 0.6) is 0 Å². The van der Waals surface area contributed by atoms with E-state index in [1.165, 1.54) is 0 Å². The second-order valence-corrected chi connectivity index (χ2v) is 7.63. The maximum Gasteiger partial charge on any atom is 0.191 e. The fourth-order valence-corrected chi connectivity index (χ4v) is 3.23.